The van der Waals surface area contributed by atoms with Gasteiger partial charge >= 0.3 is 6.18 Å². The second kappa shape index (κ2) is 5.23. The van der Waals surface area contributed by atoms with Crippen molar-refractivity contribution in [2.75, 3.05) is 6.54 Å². The summed E-state index contributed by atoms with van der Waals surface area (Å²) in [6, 6.07) is 6.77. The maximum Gasteiger partial charge on any atom is 0.402 e. The Morgan fingerprint density at radius 1 is 1.33 bits per heavy atom. The lowest BCUT2D eigenvalue weighted by molar-refractivity contribution is -0.126. The van der Waals surface area contributed by atoms with Crippen LogP contribution < -0.4 is 5.73 Å². The molecule has 0 saturated carbocycles. The van der Waals surface area contributed by atoms with Crippen molar-refractivity contribution in [2.24, 2.45) is 5.73 Å². The zero-order valence-electron chi connectivity index (χ0n) is 7.59. The van der Waals surface area contributed by atoms with Crippen LogP contribution in [0.25, 0.3) is 0 Å². The summed E-state index contributed by atoms with van der Waals surface area (Å²) in [4.78, 5) is 0.547. The fourth-order valence-corrected chi connectivity index (χ4v) is 2.38. The Morgan fingerprint density at radius 2 is 1.93 bits per heavy atom. The minimum atomic E-state index is -4.27. The SMILES string of the molecule is NCC(Sc1ccccc1Br)C(F)(F)F. The van der Waals surface area contributed by atoms with E-state index >= 15 is 0 Å². The number of hydrogen-bond acceptors (Lipinski definition) is 2. The Morgan fingerprint density at radius 3 is 2.40 bits per heavy atom. The fraction of sp³-hybridized carbons (Fsp3) is 0.333. The first kappa shape index (κ1) is 12.9. The van der Waals surface area contributed by atoms with E-state index in [9.17, 15) is 13.2 Å². The summed E-state index contributed by atoms with van der Waals surface area (Å²) in [5, 5.41) is -1.56. The minimum absolute atomic E-state index is 0.421. The maximum atomic E-state index is 12.4. The summed E-state index contributed by atoms with van der Waals surface area (Å²) in [6.07, 6.45) is -4.27. The van der Waals surface area contributed by atoms with Crippen molar-refractivity contribution >= 4 is 27.7 Å². The topological polar surface area (TPSA) is 26.0 Å². The second-order valence-electron chi connectivity index (χ2n) is 2.81. The Bertz CT molecular complexity index is 329. The lowest BCUT2D eigenvalue weighted by Crippen LogP contribution is -2.32. The zero-order chi connectivity index (χ0) is 11.5. The van der Waals surface area contributed by atoms with E-state index in [1.807, 2.05) is 0 Å². The van der Waals surface area contributed by atoms with Crippen LogP contribution in [-0.4, -0.2) is 18.0 Å². The predicted octanol–water partition coefficient (Wildman–Crippen LogP) is 3.43. The standard InChI is InChI=1S/C9H9BrF3NS/c10-6-3-1-2-4-7(6)15-8(5-14)9(11,12)13/h1-4,8H,5,14H2. The molecule has 1 atom stereocenters. The van der Waals surface area contributed by atoms with Crippen LogP contribution in [-0.2, 0) is 0 Å². The van der Waals surface area contributed by atoms with E-state index < -0.39 is 18.0 Å². The van der Waals surface area contributed by atoms with Crippen LogP contribution in [0.5, 0.6) is 0 Å². The van der Waals surface area contributed by atoms with E-state index in [0.717, 1.165) is 11.8 Å². The zero-order valence-corrected chi connectivity index (χ0v) is 9.99. The van der Waals surface area contributed by atoms with E-state index in [-0.39, 0.29) is 0 Å². The summed E-state index contributed by atoms with van der Waals surface area (Å²) in [5.41, 5.74) is 5.10. The van der Waals surface area contributed by atoms with Gasteiger partial charge in [-0.2, -0.15) is 13.2 Å². The number of rotatable bonds is 3. The lowest BCUT2D eigenvalue weighted by atomic mass is 10.4. The van der Waals surface area contributed by atoms with E-state index in [4.69, 9.17) is 5.73 Å². The van der Waals surface area contributed by atoms with Crippen molar-refractivity contribution in [3.05, 3.63) is 28.7 Å². The number of halogens is 4. The molecule has 0 spiro atoms. The third-order valence-electron chi connectivity index (χ3n) is 1.69. The van der Waals surface area contributed by atoms with Gasteiger partial charge in [-0.1, -0.05) is 12.1 Å². The fourth-order valence-electron chi connectivity index (χ4n) is 0.942. The molecule has 0 fully saturated rings. The molecule has 84 valence electrons. The summed E-state index contributed by atoms with van der Waals surface area (Å²) < 4.78 is 37.9. The Labute approximate surface area is 98.4 Å². The molecule has 0 aliphatic carbocycles. The van der Waals surface area contributed by atoms with Crippen LogP contribution in [0.3, 0.4) is 0 Å². The second-order valence-corrected chi connectivity index (χ2v) is 4.91. The molecule has 0 aromatic heterocycles. The molecule has 15 heavy (non-hydrogen) atoms. The smallest absolute Gasteiger partial charge is 0.329 e. The molecule has 0 radical (unpaired) electrons. The number of nitrogens with two attached hydrogens (primary N) is 1. The van der Waals surface area contributed by atoms with Crippen LogP contribution in [0.15, 0.2) is 33.6 Å². The van der Waals surface area contributed by atoms with Crippen molar-refractivity contribution in [1.29, 1.82) is 0 Å². The molecule has 1 nitrogen and oxygen atoms in total. The predicted molar refractivity (Wildman–Crippen MR) is 58.9 cm³/mol. The van der Waals surface area contributed by atoms with Gasteiger partial charge in [-0.25, -0.2) is 0 Å². The summed E-state index contributed by atoms with van der Waals surface area (Å²) in [5.74, 6) is 0. The van der Waals surface area contributed by atoms with E-state index in [1.54, 1.807) is 24.3 Å². The monoisotopic (exact) mass is 299 g/mol. The highest BCUT2D eigenvalue weighted by Crippen LogP contribution is 2.37. The van der Waals surface area contributed by atoms with Crippen molar-refractivity contribution in [2.45, 2.75) is 16.3 Å². The van der Waals surface area contributed by atoms with E-state index in [2.05, 4.69) is 15.9 Å². The molecule has 1 aromatic rings. The first-order valence-corrected chi connectivity index (χ1v) is 5.80. The van der Waals surface area contributed by atoms with Gasteiger partial charge in [-0.15, -0.1) is 11.8 Å². The number of hydrogen-bond donors (Lipinski definition) is 1. The molecule has 1 rings (SSSR count). The number of thioether (sulfide) groups is 1. The van der Waals surface area contributed by atoms with Crippen molar-refractivity contribution in [1.82, 2.24) is 0 Å². The molecule has 0 bridgehead atoms. The average Bonchev–Trinajstić information content (AvgIpc) is 2.14. The molecular weight excluding hydrogens is 291 g/mol. The summed E-state index contributed by atoms with van der Waals surface area (Å²) in [6.45, 7) is -0.421. The van der Waals surface area contributed by atoms with Crippen LogP contribution in [0.2, 0.25) is 0 Å². The molecule has 0 aliphatic heterocycles. The molecule has 0 saturated heterocycles. The average molecular weight is 300 g/mol. The van der Waals surface area contributed by atoms with Gasteiger partial charge in [0.25, 0.3) is 0 Å². The molecule has 0 amide bonds. The Hall–Kier alpha value is -0.200. The molecule has 2 N–H and O–H groups in total. The Kier molecular flexibility index (Phi) is 4.48. The number of alkyl halides is 3. The van der Waals surface area contributed by atoms with Gasteiger partial charge in [0.1, 0.15) is 5.25 Å². The Balaban J connectivity index is 2.80. The third-order valence-corrected chi connectivity index (χ3v) is 3.99. The van der Waals surface area contributed by atoms with Crippen LogP contribution in [0, 0.1) is 0 Å². The summed E-state index contributed by atoms with van der Waals surface area (Å²) >= 11 is 3.92. The number of benzene rings is 1. The van der Waals surface area contributed by atoms with Gasteiger partial charge in [0, 0.05) is 15.9 Å². The van der Waals surface area contributed by atoms with Crippen LogP contribution in [0.4, 0.5) is 13.2 Å². The largest absolute Gasteiger partial charge is 0.402 e. The van der Waals surface area contributed by atoms with Gasteiger partial charge in [0.05, 0.1) is 0 Å². The van der Waals surface area contributed by atoms with Crippen molar-refractivity contribution in [3.8, 4) is 0 Å². The highest BCUT2D eigenvalue weighted by molar-refractivity contribution is 9.10. The molecule has 0 aliphatic rings. The first-order valence-electron chi connectivity index (χ1n) is 4.13. The molecule has 6 heteroatoms. The van der Waals surface area contributed by atoms with Gasteiger partial charge in [-0.05, 0) is 28.1 Å². The molecule has 0 heterocycles. The van der Waals surface area contributed by atoms with Crippen LogP contribution in [0.1, 0.15) is 0 Å². The highest BCUT2D eigenvalue weighted by Gasteiger charge is 2.39. The minimum Gasteiger partial charge on any atom is -0.329 e. The highest BCUT2D eigenvalue weighted by atomic mass is 79.9. The summed E-state index contributed by atoms with van der Waals surface area (Å²) in [7, 11) is 0. The maximum absolute atomic E-state index is 12.4. The van der Waals surface area contributed by atoms with Gasteiger partial charge in [0.15, 0.2) is 0 Å². The van der Waals surface area contributed by atoms with E-state index in [0.29, 0.717) is 9.37 Å². The van der Waals surface area contributed by atoms with Gasteiger partial charge in [0.2, 0.25) is 0 Å². The third kappa shape index (κ3) is 3.70. The van der Waals surface area contributed by atoms with Gasteiger partial charge < -0.3 is 5.73 Å². The van der Waals surface area contributed by atoms with E-state index in [1.165, 1.54) is 0 Å². The molecule has 1 unspecified atom stereocenters. The van der Waals surface area contributed by atoms with Crippen molar-refractivity contribution in [3.63, 3.8) is 0 Å². The quantitative estimate of drug-likeness (QED) is 0.866. The van der Waals surface area contributed by atoms with Crippen molar-refractivity contribution < 1.29 is 13.2 Å². The van der Waals surface area contributed by atoms with Gasteiger partial charge in [-0.3, -0.25) is 0 Å². The lowest BCUT2D eigenvalue weighted by Gasteiger charge is -2.18. The van der Waals surface area contributed by atoms with Crippen LogP contribution >= 0.6 is 27.7 Å². The first-order chi connectivity index (χ1) is 6.95. The molecular formula is C9H9BrF3NS. The molecule has 1 aromatic carbocycles. The normalized spacial score (nSPS) is 13.9.